The second kappa shape index (κ2) is 8.89. The maximum atomic E-state index is 11.8. The molecule has 6 heteroatoms. The van der Waals surface area contributed by atoms with Crippen LogP contribution < -0.4 is 0 Å². The molecule has 0 bridgehead atoms. The fraction of sp³-hybridized carbons (Fsp3) is 0.963. The molecule has 0 aromatic carbocycles. The zero-order valence-corrected chi connectivity index (χ0v) is 21.2. The topological polar surface area (TPSA) is 94.9 Å². The van der Waals surface area contributed by atoms with E-state index in [9.17, 15) is 10.2 Å². The minimum absolute atomic E-state index is 0.168. The number of nitrogens with zero attached hydrogens (tertiary/aromatic N) is 3. The molecule has 0 saturated heterocycles. The molecule has 6 nitrogen and oxygen atoms in total. The SMILES string of the molecule is CC[C@H]1C(O)C2C3CC[C@H]([C@H](C)CCCc4nn[nH]n4)[C@@]3(C)CCC2[C@@]2(C)CC[C@@H](O)C[C@@H]12. The molecule has 5 rings (SSSR count). The Morgan fingerprint density at radius 3 is 2.52 bits per heavy atom. The van der Waals surface area contributed by atoms with Gasteiger partial charge in [-0.3, -0.25) is 0 Å². The lowest BCUT2D eigenvalue weighted by Crippen LogP contribution is -2.62. The molecule has 1 heterocycles. The minimum Gasteiger partial charge on any atom is -0.393 e. The Balaban J connectivity index is 1.34. The van der Waals surface area contributed by atoms with Gasteiger partial charge in [-0.25, -0.2) is 0 Å². The van der Waals surface area contributed by atoms with Crippen molar-refractivity contribution in [1.82, 2.24) is 20.6 Å². The van der Waals surface area contributed by atoms with Crippen LogP contribution in [-0.4, -0.2) is 43.0 Å². The molecule has 1 aromatic heterocycles. The van der Waals surface area contributed by atoms with Crippen LogP contribution in [0.25, 0.3) is 0 Å². The highest BCUT2D eigenvalue weighted by molar-refractivity contribution is 5.13. The second-order valence-electron chi connectivity index (χ2n) is 12.8. The third-order valence-electron chi connectivity index (χ3n) is 11.6. The van der Waals surface area contributed by atoms with E-state index in [2.05, 4.69) is 48.3 Å². The number of nitrogens with one attached hydrogen (secondary N) is 1. The number of aromatic nitrogens is 4. The lowest BCUT2D eigenvalue weighted by molar-refractivity contribution is -0.203. The van der Waals surface area contributed by atoms with Crippen LogP contribution in [-0.2, 0) is 6.42 Å². The zero-order valence-electron chi connectivity index (χ0n) is 21.2. The first-order valence-corrected chi connectivity index (χ1v) is 13.9. The van der Waals surface area contributed by atoms with Gasteiger partial charge in [-0.05, 0) is 110 Å². The Kier molecular flexibility index (Phi) is 6.39. The van der Waals surface area contributed by atoms with Gasteiger partial charge in [-0.2, -0.15) is 5.21 Å². The Hall–Kier alpha value is -1.01. The first-order valence-electron chi connectivity index (χ1n) is 13.9. The molecule has 0 aliphatic heterocycles. The van der Waals surface area contributed by atoms with Gasteiger partial charge in [-0.1, -0.05) is 39.3 Å². The van der Waals surface area contributed by atoms with Crippen molar-refractivity contribution < 1.29 is 10.2 Å². The van der Waals surface area contributed by atoms with Crippen LogP contribution in [0.5, 0.6) is 0 Å². The van der Waals surface area contributed by atoms with Crippen molar-refractivity contribution in [3.8, 4) is 0 Å². The summed E-state index contributed by atoms with van der Waals surface area (Å²) >= 11 is 0. The van der Waals surface area contributed by atoms with Crippen molar-refractivity contribution in [2.75, 3.05) is 0 Å². The van der Waals surface area contributed by atoms with E-state index in [1.54, 1.807) is 0 Å². The van der Waals surface area contributed by atoms with E-state index in [1.807, 2.05) is 0 Å². The lowest BCUT2D eigenvalue weighted by Gasteiger charge is -2.64. The van der Waals surface area contributed by atoms with Crippen LogP contribution in [0.1, 0.15) is 97.7 Å². The van der Waals surface area contributed by atoms with E-state index in [-0.39, 0.29) is 12.2 Å². The number of hydrogen-bond donors (Lipinski definition) is 3. The number of H-pyrrole nitrogens is 1. The molecule has 4 unspecified atom stereocenters. The first kappa shape index (κ1) is 23.7. The summed E-state index contributed by atoms with van der Waals surface area (Å²) in [5.41, 5.74) is 0.642. The van der Waals surface area contributed by atoms with Gasteiger partial charge in [0, 0.05) is 6.42 Å². The van der Waals surface area contributed by atoms with E-state index in [4.69, 9.17) is 0 Å². The highest BCUT2D eigenvalue weighted by Crippen LogP contribution is 2.69. The standard InChI is InChI=1S/C27H46N4O2/c1-5-18-22-15-17(32)11-13-27(22,4)21-12-14-26(3)19(9-10-20(26)24(21)25(18)33)16(2)7-6-8-23-28-30-31-29-23/h16-22,24-25,32-33H,5-15H2,1-4H3,(H,28,29,30,31)/t16-,17-,18-,19-,20?,21?,22+,24?,25?,26-,27-/m1/s1. The van der Waals surface area contributed by atoms with Crippen molar-refractivity contribution in [2.24, 2.45) is 52.3 Å². The number of fused-ring (bicyclic) bond motifs is 5. The van der Waals surface area contributed by atoms with Gasteiger partial charge in [0.25, 0.3) is 0 Å². The lowest BCUT2D eigenvalue weighted by atomic mass is 9.41. The van der Waals surface area contributed by atoms with Crippen LogP contribution in [0.2, 0.25) is 0 Å². The number of aryl methyl sites for hydroxylation is 1. The molecule has 4 aliphatic carbocycles. The number of rotatable bonds is 6. The third kappa shape index (κ3) is 3.78. The van der Waals surface area contributed by atoms with Crippen molar-refractivity contribution in [2.45, 2.75) is 111 Å². The van der Waals surface area contributed by atoms with Crippen LogP contribution in [0.3, 0.4) is 0 Å². The monoisotopic (exact) mass is 458 g/mol. The minimum atomic E-state index is -0.194. The number of aromatic amines is 1. The molecule has 4 saturated carbocycles. The van der Waals surface area contributed by atoms with Gasteiger partial charge in [0.15, 0.2) is 5.82 Å². The van der Waals surface area contributed by atoms with Crippen molar-refractivity contribution >= 4 is 0 Å². The van der Waals surface area contributed by atoms with Gasteiger partial charge in [0.05, 0.1) is 12.2 Å². The van der Waals surface area contributed by atoms with E-state index >= 15 is 0 Å². The van der Waals surface area contributed by atoms with Crippen LogP contribution in [0, 0.1) is 52.3 Å². The molecule has 3 N–H and O–H groups in total. The largest absolute Gasteiger partial charge is 0.393 e. The fourth-order valence-corrected chi connectivity index (χ4v) is 10.0. The highest BCUT2D eigenvalue weighted by Gasteiger charge is 2.64. The number of aliphatic hydroxyl groups is 2. The summed E-state index contributed by atoms with van der Waals surface area (Å²) in [5.74, 6) is 4.82. The summed E-state index contributed by atoms with van der Waals surface area (Å²) in [4.78, 5) is 0. The Morgan fingerprint density at radius 1 is 1.03 bits per heavy atom. The Morgan fingerprint density at radius 2 is 1.79 bits per heavy atom. The third-order valence-corrected chi connectivity index (χ3v) is 11.6. The quantitative estimate of drug-likeness (QED) is 0.570. The number of hydrogen-bond acceptors (Lipinski definition) is 5. The molecule has 0 radical (unpaired) electrons. The maximum Gasteiger partial charge on any atom is 0.174 e. The molecule has 33 heavy (non-hydrogen) atoms. The molecule has 0 spiro atoms. The summed E-state index contributed by atoms with van der Waals surface area (Å²) in [6, 6.07) is 0. The van der Waals surface area contributed by atoms with Crippen molar-refractivity contribution in [3.05, 3.63) is 5.82 Å². The van der Waals surface area contributed by atoms with Crippen LogP contribution in [0.4, 0.5) is 0 Å². The Labute approximate surface area is 199 Å². The maximum absolute atomic E-state index is 11.8. The predicted octanol–water partition coefficient (Wildman–Crippen LogP) is 4.79. The highest BCUT2D eigenvalue weighted by atomic mass is 16.3. The summed E-state index contributed by atoms with van der Waals surface area (Å²) in [7, 11) is 0. The van der Waals surface area contributed by atoms with Crippen molar-refractivity contribution in [3.63, 3.8) is 0 Å². The van der Waals surface area contributed by atoms with E-state index in [0.29, 0.717) is 46.3 Å². The molecule has 11 atom stereocenters. The van der Waals surface area contributed by atoms with Crippen LogP contribution in [0.15, 0.2) is 0 Å². The molecule has 4 fully saturated rings. The van der Waals surface area contributed by atoms with Gasteiger partial charge >= 0.3 is 0 Å². The molecule has 186 valence electrons. The molecule has 0 amide bonds. The zero-order chi connectivity index (χ0) is 23.4. The second-order valence-corrected chi connectivity index (χ2v) is 12.8. The molecular formula is C27H46N4O2. The number of aliphatic hydroxyl groups excluding tert-OH is 2. The van der Waals surface area contributed by atoms with Gasteiger partial charge in [0.2, 0.25) is 0 Å². The van der Waals surface area contributed by atoms with Crippen LogP contribution >= 0.6 is 0 Å². The summed E-state index contributed by atoms with van der Waals surface area (Å²) in [6.45, 7) is 9.84. The van der Waals surface area contributed by atoms with E-state index in [0.717, 1.165) is 50.3 Å². The predicted molar refractivity (Wildman–Crippen MR) is 128 cm³/mol. The van der Waals surface area contributed by atoms with Crippen molar-refractivity contribution in [1.29, 1.82) is 0 Å². The van der Waals surface area contributed by atoms with Gasteiger partial charge in [-0.15, -0.1) is 10.2 Å². The Bertz CT molecular complexity index is 802. The average molecular weight is 459 g/mol. The normalized spacial score (nSPS) is 48.1. The summed E-state index contributed by atoms with van der Waals surface area (Å²) in [5, 5.41) is 36.8. The summed E-state index contributed by atoms with van der Waals surface area (Å²) in [6.07, 6.45) is 12.1. The summed E-state index contributed by atoms with van der Waals surface area (Å²) < 4.78 is 0. The van der Waals surface area contributed by atoms with E-state index < -0.39 is 0 Å². The van der Waals surface area contributed by atoms with E-state index in [1.165, 1.54) is 32.1 Å². The smallest absolute Gasteiger partial charge is 0.174 e. The van der Waals surface area contributed by atoms with Gasteiger partial charge < -0.3 is 10.2 Å². The first-order chi connectivity index (χ1) is 15.8. The average Bonchev–Trinajstić information content (AvgIpc) is 3.42. The molecule has 4 aliphatic rings. The molecule has 1 aromatic rings. The number of tetrazole rings is 1. The van der Waals surface area contributed by atoms with Gasteiger partial charge in [0.1, 0.15) is 0 Å². The molecular weight excluding hydrogens is 412 g/mol. The fourth-order valence-electron chi connectivity index (χ4n) is 10.0.